The van der Waals surface area contributed by atoms with Crippen molar-refractivity contribution in [3.8, 4) is 0 Å². The molecule has 3 aromatic rings. The van der Waals surface area contributed by atoms with E-state index in [2.05, 4.69) is 38.1 Å². The van der Waals surface area contributed by atoms with Crippen LogP contribution in [-0.4, -0.2) is 39.8 Å². The van der Waals surface area contributed by atoms with Crippen molar-refractivity contribution in [1.29, 1.82) is 0 Å². The highest BCUT2D eigenvalue weighted by Crippen LogP contribution is 2.38. The number of ether oxygens (including phenoxy) is 1. The summed E-state index contributed by atoms with van der Waals surface area (Å²) in [5, 5.41) is 4.24. The Labute approximate surface area is 170 Å². The molecule has 146 valence electrons. The van der Waals surface area contributed by atoms with E-state index in [9.17, 15) is 0 Å². The fraction of sp³-hybridized carbons (Fsp3) is 0.333. The third-order valence-corrected chi connectivity index (χ3v) is 5.37. The van der Waals surface area contributed by atoms with Crippen molar-refractivity contribution in [2.75, 3.05) is 20.3 Å². The highest BCUT2D eigenvalue weighted by atomic mass is 32.1. The number of hydrogen-bond acceptors (Lipinski definition) is 4. The van der Waals surface area contributed by atoms with Crippen LogP contribution < -0.4 is 5.32 Å². The first-order valence-corrected chi connectivity index (χ1v) is 9.83. The molecule has 6 nitrogen and oxygen atoms in total. The number of pyridine rings is 1. The number of rotatable bonds is 8. The summed E-state index contributed by atoms with van der Waals surface area (Å²) >= 11 is 5.70. The highest BCUT2D eigenvalue weighted by molar-refractivity contribution is 7.80. The van der Waals surface area contributed by atoms with Crippen LogP contribution in [0.1, 0.15) is 35.7 Å². The predicted octanol–water partition coefficient (Wildman–Crippen LogP) is 3.53. The molecule has 28 heavy (non-hydrogen) atoms. The van der Waals surface area contributed by atoms with Crippen LogP contribution in [-0.2, 0) is 11.3 Å². The van der Waals surface area contributed by atoms with E-state index >= 15 is 0 Å². The predicted molar refractivity (Wildman–Crippen MR) is 111 cm³/mol. The van der Waals surface area contributed by atoms with Gasteiger partial charge in [0.1, 0.15) is 5.76 Å². The van der Waals surface area contributed by atoms with Gasteiger partial charge in [0.25, 0.3) is 0 Å². The number of aromatic nitrogens is 2. The Bertz CT molecular complexity index is 894. The van der Waals surface area contributed by atoms with Crippen LogP contribution in [0.2, 0.25) is 0 Å². The fourth-order valence-electron chi connectivity index (χ4n) is 3.76. The molecule has 0 bridgehead atoms. The molecule has 1 aliphatic rings. The molecule has 4 heterocycles. The summed E-state index contributed by atoms with van der Waals surface area (Å²) in [7, 11) is 1.73. The number of nitrogens with one attached hydrogen (secondary N) is 1. The summed E-state index contributed by atoms with van der Waals surface area (Å²) in [6.07, 6.45) is 6.52. The maximum Gasteiger partial charge on any atom is 0.170 e. The van der Waals surface area contributed by atoms with Crippen LogP contribution in [0.15, 0.2) is 65.5 Å². The molecule has 7 heteroatoms. The van der Waals surface area contributed by atoms with E-state index < -0.39 is 0 Å². The second-order valence-electron chi connectivity index (χ2n) is 6.81. The summed E-state index contributed by atoms with van der Waals surface area (Å²) in [5.41, 5.74) is 2.16. The van der Waals surface area contributed by atoms with Gasteiger partial charge >= 0.3 is 0 Å². The molecule has 1 aliphatic heterocycles. The first kappa shape index (κ1) is 18.7. The van der Waals surface area contributed by atoms with Gasteiger partial charge in [0.05, 0.1) is 30.6 Å². The van der Waals surface area contributed by atoms with E-state index in [1.165, 1.54) is 5.69 Å². The molecule has 0 saturated carbocycles. The SMILES string of the molecule is COCCCN1C(=S)NC(c2ccccn2)C1c1cccn1Cc1ccco1. The normalized spacial score (nSPS) is 19.2. The first-order chi connectivity index (χ1) is 13.8. The molecule has 0 spiro atoms. The van der Waals surface area contributed by atoms with E-state index in [0.29, 0.717) is 13.2 Å². The zero-order valence-electron chi connectivity index (χ0n) is 15.8. The Morgan fingerprint density at radius 2 is 2.14 bits per heavy atom. The Kier molecular flexibility index (Phi) is 5.73. The largest absolute Gasteiger partial charge is 0.467 e. The molecule has 1 fully saturated rings. The lowest BCUT2D eigenvalue weighted by Gasteiger charge is -2.28. The topological polar surface area (TPSA) is 55.5 Å². The number of furan rings is 1. The number of methoxy groups -OCH3 is 1. The second kappa shape index (κ2) is 8.58. The van der Waals surface area contributed by atoms with Gasteiger partial charge in [-0.2, -0.15) is 0 Å². The zero-order valence-corrected chi connectivity index (χ0v) is 16.6. The van der Waals surface area contributed by atoms with Crippen LogP contribution in [0.3, 0.4) is 0 Å². The molecule has 0 aliphatic carbocycles. The summed E-state index contributed by atoms with van der Waals surface area (Å²) in [6, 6.07) is 14.2. The Morgan fingerprint density at radius 3 is 2.89 bits per heavy atom. The maximum atomic E-state index is 5.70. The van der Waals surface area contributed by atoms with E-state index in [1.807, 2.05) is 36.5 Å². The molecule has 2 atom stereocenters. The number of hydrogen-bond donors (Lipinski definition) is 1. The monoisotopic (exact) mass is 396 g/mol. The van der Waals surface area contributed by atoms with Crippen molar-refractivity contribution in [3.05, 3.63) is 78.3 Å². The first-order valence-electron chi connectivity index (χ1n) is 9.42. The minimum Gasteiger partial charge on any atom is -0.467 e. The van der Waals surface area contributed by atoms with Gasteiger partial charge < -0.3 is 23.9 Å². The standard InChI is InChI=1S/C21H24N4O2S/c1-26-13-6-12-25-20(19(23-21(25)28)17-8-2-3-10-22-17)18-9-4-11-24(18)15-16-7-5-14-27-16/h2-5,7-11,14,19-20H,6,12-13,15H2,1H3,(H,23,28). The molecule has 1 saturated heterocycles. The molecule has 1 N–H and O–H groups in total. The van der Waals surface area contributed by atoms with Gasteiger partial charge in [0.15, 0.2) is 5.11 Å². The summed E-state index contributed by atoms with van der Waals surface area (Å²) in [5.74, 6) is 0.923. The molecule has 3 aromatic heterocycles. The number of nitrogens with zero attached hydrogens (tertiary/aromatic N) is 3. The van der Waals surface area contributed by atoms with Crippen LogP contribution in [0.5, 0.6) is 0 Å². The Balaban J connectivity index is 1.68. The Hall–Kier alpha value is -2.64. The zero-order chi connectivity index (χ0) is 19.3. The third kappa shape index (κ3) is 3.81. The molecular weight excluding hydrogens is 372 g/mol. The van der Waals surface area contributed by atoms with Crippen LogP contribution in [0.4, 0.5) is 0 Å². The molecule has 0 aromatic carbocycles. The van der Waals surface area contributed by atoms with Crippen molar-refractivity contribution in [2.45, 2.75) is 25.0 Å². The van der Waals surface area contributed by atoms with Crippen molar-refractivity contribution >= 4 is 17.3 Å². The lowest BCUT2D eigenvalue weighted by Crippen LogP contribution is -2.32. The summed E-state index contributed by atoms with van der Waals surface area (Å²) in [6.45, 7) is 2.20. The van der Waals surface area contributed by atoms with Crippen LogP contribution in [0, 0.1) is 0 Å². The third-order valence-electron chi connectivity index (χ3n) is 5.02. The lowest BCUT2D eigenvalue weighted by atomic mass is 10.0. The van der Waals surface area contributed by atoms with E-state index in [0.717, 1.165) is 29.5 Å². The minimum absolute atomic E-state index is 0.0125. The average Bonchev–Trinajstić information content (AvgIpc) is 3.45. The molecule has 0 amide bonds. The van der Waals surface area contributed by atoms with Crippen molar-refractivity contribution in [3.63, 3.8) is 0 Å². The maximum absolute atomic E-state index is 5.70. The molecule has 4 rings (SSSR count). The van der Waals surface area contributed by atoms with Gasteiger partial charge in [0.2, 0.25) is 0 Å². The van der Waals surface area contributed by atoms with Gasteiger partial charge in [-0.1, -0.05) is 6.07 Å². The van der Waals surface area contributed by atoms with Gasteiger partial charge in [0, 0.05) is 38.3 Å². The van der Waals surface area contributed by atoms with Gasteiger partial charge in [-0.3, -0.25) is 4.98 Å². The van der Waals surface area contributed by atoms with Crippen LogP contribution in [0.25, 0.3) is 0 Å². The quantitative estimate of drug-likeness (QED) is 0.464. The molecular formula is C21H24N4O2S. The van der Waals surface area contributed by atoms with Crippen molar-refractivity contribution < 1.29 is 9.15 Å². The lowest BCUT2D eigenvalue weighted by molar-refractivity contribution is 0.179. The number of thiocarbonyl (C=S) groups is 1. The van der Waals surface area contributed by atoms with E-state index in [1.54, 1.807) is 13.4 Å². The Morgan fingerprint density at radius 1 is 1.21 bits per heavy atom. The van der Waals surface area contributed by atoms with Gasteiger partial charge in [-0.05, 0) is 55.0 Å². The second-order valence-corrected chi connectivity index (χ2v) is 7.19. The van der Waals surface area contributed by atoms with Gasteiger partial charge in [-0.15, -0.1) is 0 Å². The molecule has 2 unspecified atom stereocenters. The fourth-order valence-corrected chi connectivity index (χ4v) is 4.09. The van der Waals surface area contributed by atoms with E-state index in [-0.39, 0.29) is 12.1 Å². The van der Waals surface area contributed by atoms with Crippen molar-refractivity contribution in [1.82, 2.24) is 19.8 Å². The van der Waals surface area contributed by atoms with Crippen molar-refractivity contribution in [2.24, 2.45) is 0 Å². The summed E-state index contributed by atoms with van der Waals surface area (Å²) < 4.78 is 13.0. The van der Waals surface area contributed by atoms with Crippen LogP contribution >= 0.6 is 12.2 Å². The smallest absolute Gasteiger partial charge is 0.170 e. The van der Waals surface area contributed by atoms with E-state index in [4.69, 9.17) is 21.4 Å². The summed E-state index contributed by atoms with van der Waals surface area (Å²) in [4.78, 5) is 6.84. The van der Waals surface area contributed by atoms with Gasteiger partial charge in [-0.25, -0.2) is 0 Å². The minimum atomic E-state index is -0.0125. The average molecular weight is 397 g/mol. The highest BCUT2D eigenvalue weighted by Gasteiger charge is 2.40. The molecule has 0 radical (unpaired) electrons.